The Bertz CT molecular complexity index is 1590. The normalized spacial score (nSPS) is 12.2. The number of ether oxygens (including phenoxy) is 1. The fourth-order valence-electron chi connectivity index (χ4n) is 5.13. The quantitative estimate of drug-likeness (QED) is 0.256. The fraction of sp³-hybridized carbons (Fsp3) is 0.290. The molecule has 0 bridgehead atoms. The molecular formula is C31H34N6O2. The molecule has 5 aromatic rings. The van der Waals surface area contributed by atoms with Crippen LogP contribution in [-0.4, -0.2) is 37.2 Å². The predicted octanol–water partition coefficient (Wildman–Crippen LogP) is 5.23. The summed E-state index contributed by atoms with van der Waals surface area (Å²) in [5, 5.41) is 13.9. The van der Waals surface area contributed by atoms with Crippen LogP contribution in [-0.2, 0) is 26.1 Å². The number of aryl methyl sites for hydroxylation is 3. The first-order chi connectivity index (χ1) is 19.1. The number of nitrogens with one attached hydrogen (secondary N) is 1. The molecule has 0 aliphatic rings. The maximum atomic E-state index is 13.2. The van der Waals surface area contributed by atoms with E-state index in [2.05, 4.69) is 63.5 Å². The van der Waals surface area contributed by atoms with Crippen molar-refractivity contribution < 1.29 is 4.74 Å². The predicted molar refractivity (Wildman–Crippen MR) is 153 cm³/mol. The first kappa shape index (κ1) is 26.3. The van der Waals surface area contributed by atoms with Crippen molar-refractivity contribution in [1.29, 1.82) is 0 Å². The summed E-state index contributed by atoms with van der Waals surface area (Å²) in [5.74, 6) is 1.60. The van der Waals surface area contributed by atoms with E-state index in [0.29, 0.717) is 25.2 Å². The van der Waals surface area contributed by atoms with E-state index in [1.54, 1.807) is 7.11 Å². The van der Waals surface area contributed by atoms with Gasteiger partial charge < -0.3 is 9.72 Å². The van der Waals surface area contributed by atoms with E-state index in [1.807, 2.05) is 59.3 Å². The van der Waals surface area contributed by atoms with Crippen LogP contribution in [0.25, 0.3) is 10.9 Å². The van der Waals surface area contributed by atoms with E-state index >= 15 is 0 Å². The molecule has 1 N–H and O–H groups in total. The summed E-state index contributed by atoms with van der Waals surface area (Å²) in [5.41, 5.74) is 4.86. The van der Waals surface area contributed by atoms with Crippen LogP contribution in [0.5, 0.6) is 5.75 Å². The number of aromatic amines is 1. The van der Waals surface area contributed by atoms with E-state index in [1.165, 1.54) is 5.56 Å². The van der Waals surface area contributed by atoms with Gasteiger partial charge in [-0.05, 0) is 65.4 Å². The Labute approximate surface area is 228 Å². The van der Waals surface area contributed by atoms with Gasteiger partial charge in [0.1, 0.15) is 5.75 Å². The molecule has 2 aromatic heterocycles. The molecule has 0 amide bonds. The summed E-state index contributed by atoms with van der Waals surface area (Å²) < 4.78 is 7.56. The fourth-order valence-corrected chi connectivity index (χ4v) is 5.13. The van der Waals surface area contributed by atoms with E-state index in [0.717, 1.165) is 46.4 Å². The zero-order valence-corrected chi connectivity index (χ0v) is 22.7. The standard InChI is InChI=1S/C31H34N6O2/c1-4-28(30-33-34-35-37(30)17-16-23-10-6-5-7-11-23)36(20-24-12-8-9-13-29(24)39-3)21-26-19-25-18-22(2)14-15-27(25)32-31(26)38/h5-15,18-19,28H,4,16-17,20-21H2,1-3H3,(H,32,38)/t28-/m0/s1. The van der Waals surface area contributed by atoms with Gasteiger partial charge in [0.15, 0.2) is 5.82 Å². The third-order valence-corrected chi connectivity index (χ3v) is 7.16. The Morgan fingerprint density at radius 2 is 1.74 bits per heavy atom. The van der Waals surface area contributed by atoms with Gasteiger partial charge in [-0.2, -0.15) is 0 Å². The van der Waals surface area contributed by atoms with Crippen molar-refractivity contribution in [2.75, 3.05) is 7.11 Å². The van der Waals surface area contributed by atoms with Crippen molar-refractivity contribution in [1.82, 2.24) is 30.1 Å². The van der Waals surface area contributed by atoms with Crippen LogP contribution >= 0.6 is 0 Å². The number of nitrogens with zero attached hydrogens (tertiary/aromatic N) is 5. The van der Waals surface area contributed by atoms with Gasteiger partial charge >= 0.3 is 0 Å². The summed E-state index contributed by atoms with van der Waals surface area (Å²) in [7, 11) is 1.68. The largest absolute Gasteiger partial charge is 0.496 e. The van der Waals surface area contributed by atoms with Gasteiger partial charge in [0.2, 0.25) is 0 Å². The molecule has 0 aliphatic carbocycles. The first-order valence-electron chi connectivity index (χ1n) is 13.3. The highest BCUT2D eigenvalue weighted by Crippen LogP contribution is 2.29. The van der Waals surface area contributed by atoms with Crippen LogP contribution in [0.1, 0.15) is 47.5 Å². The average Bonchev–Trinajstić information content (AvgIpc) is 3.42. The molecule has 39 heavy (non-hydrogen) atoms. The molecule has 5 rings (SSSR count). The second kappa shape index (κ2) is 12.0. The Kier molecular flexibility index (Phi) is 8.13. The summed E-state index contributed by atoms with van der Waals surface area (Å²) in [6.07, 6.45) is 1.59. The third-order valence-electron chi connectivity index (χ3n) is 7.16. The van der Waals surface area contributed by atoms with E-state index in [9.17, 15) is 4.79 Å². The monoisotopic (exact) mass is 522 g/mol. The van der Waals surface area contributed by atoms with Crippen molar-refractivity contribution in [3.8, 4) is 5.75 Å². The van der Waals surface area contributed by atoms with Crippen LogP contribution in [0.2, 0.25) is 0 Å². The Hall–Kier alpha value is -4.30. The number of rotatable bonds is 11. The lowest BCUT2D eigenvalue weighted by molar-refractivity contribution is 0.159. The maximum absolute atomic E-state index is 13.2. The van der Waals surface area contributed by atoms with Gasteiger partial charge in [-0.3, -0.25) is 9.69 Å². The van der Waals surface area contributed by atoms with Gasteiger partial charge in [-0.25, -0.2) is 4.68 Å². The summed E-state index contributed by atoms with van der Waals surface area (Å²) in [6, 6.07) is 26.3. The molecule has 0 saturated heterocycles. The number of hydrogen-bond acceptors (Lipinski definition) is 6. The molecule has 0 spiro atoms. The average molecular weight is 523 g/mol. The third kappa shape index (κ3) is 6.07. The Balaban J connectivity index is 1.51. The lowest BCUT2D eigenvalue weighted by Gasteiger charge is -2.30. The van der Waals surface area contributed by atoms with Crippen molar-refractivity contribution in [2.24, 2.45) is 0 Å². The summed E-state index contributed by atoms with van der Waals surface area (Å²) in [6.45, 7) is 5.85. The molecular weight excluding hydrogens is 488 g/mol. The van der Waals surface area contributed by atoms with Crippen LogP contribution in [0.4, 0.5) is 0 Å². The minimum Gasteiger partial charge on any atom is -0.496 e. The minimum absolute atomic E-state index is 0.0881. The number of tetrazole rings is 1. The zero-order chi connectivity index (χ0) is 27.2. The summed E-state index contributed by atoms with van der Waals surface area (Å²) in [4.78, 5) is 18.5. The van der Waals surface area contributed by atoms with Gasteiger partial charge in [-0.1, -0.05) is 67.1 Å². The van der Waals surface area contributed by atoms with E-state index < -0.39 is 0 Å². The van der Waals surface area contributed by atoms with Gasteiger partial charge in [0.25, 0.3) is 5.56 Å². The van der Waals surface area contributed by atoms with Gasteiger partial charge in [0, 0.05) is 36.3 Å². The molecule has 200 valence electrons. The molecule has 8 heteroatoms. The summed E-state index contributed by atoms with van der Waals surface area (Å²) >= 11 is 0. The van der Waals surface area contributed by atoms with Crippen molar-refractivity contribution in [3.63, 3.8) is 0 Å². The number of pyridine rings is 1. The highest BCUT2D eigenvalue weighted by molar-refractivity contribution is 5.79. The second-order valence-corrected chi connectivity index (χ2v) is 9.85. The lowest BCUT2D eigenvalue weighted by Crippen LogP contribution is -2.32. The van der Waals surface area contributed by atoms with Crippen LogP contribution < -0.4 is 10.3 Å². The van der Waals surface area contributed by atoms with Gasteiger partial charge in [0.05, 0.1) is 13.2 Å². The number of methoxy groups -OCH3 is 1. The van der Waals surface area contributed by atoms with Crippen LogP contribution in [0, 0.1) is 6.92 Å². The topological polar surface area (TPSA) is 88.9 Å². The smallest absolute Gasteiger partial charge is 0.252 e. The second-order valence-electron chi connectivity index (χ2n) is 9.85. The molecule has 0 saturated carbocycles. The molecule has 3 aromatic carbocycles. The maximum Gasteiger partial charge on any atom is 0.252 e. The number of fused-ring (bicyclic) bond motifs is 1. The number of benzene rings is 3. The molecule has 8 nitrogen and oxygen atoms in total. The van der Waals surface area contributed by atoms with Crippen molar-refractivity contribution in [3.05, 3.63) is 117 Å². The molecule has 0 unspecified atom stereocenters. The van der Waals surface area contributed by atoms with Crippen molar-refractivity contribution in [2.45, 2.75) is 52.4 Å². The SMILES string of the molecule is CC[C@@H](c1nnnn1CCc1ccccc1)N(Cc1ccccc1OC)Cc1cc2cc(C)ccc2[nH]c1=O. The zero-order valence-electron chi connectivity index (χ0n) is 22.7. The van der Waals surface area contributed by atoms with Crippen LogP contribution in [0.3, 0.4) is 0 Å². The number of hydrogen-bond donors (Lipinski definition) is 1. The van der Waals surface area contributed by atoms with Crippen molar-refractivity contribution >= 4 is 10.9 Å². The van der Waals surface area contributed by atoms with Gasteiger partial charge in [-0.15, -0.1) is 5.10 Å². The lowest BCUT2D eigenvalue weighted by atomic mass is 10.1. The minimum atomic E-state index is -0.117. The number of aromatic nitrogens is 5. The van der Waals surface area contributed by atoms with E-state index in [-0.39, 0.29) is 11.6 Å². The molecule has 2 heterocycles. The first-order valence-corrected chi connectivity index (χ1v) is 13.3. The molecule has 0 fully saturated rings. The van der Waals surface area contributed by atoms with E-state index in [4.69, 9.17) is 4.74 Å². The highest BCUT2D eigenvalue weighted by atomic mass is 16.5. The Morgan fingerprint density at radius 3 is 2.54 bits per heavy atom. The molecule has 1 atom stereocenters. The molecule has 0 aliphatic heterocycles. The Morgan fingerprint density at radius 1 is 0.974 bits per heavy atom. The number of H-pyrrole nitrogens is 1. The number of para-hydroxylation sites is 1. The highest BCUT2D eigenvalue weighted by Gasteiger charge is 2.27. The van der Waals surface area contributed by atoms with Crippen LogP contribution in [0.15, 0.2) is 83.7 Å². The molecule has 0 radical (unpaired) electrons.